The molecule has 1 N–H and O–H groups in total. The molecule has 0 amide bonds. The van der Waals surface area contributed by atoms with Crippen molar-refractivity contribution in [3.05, 3.63) is 23.3 Å². The highest BCUT2D eigenvalue weighted by atomic mass is 79.9. The van der Waals surface area contributed by atoms with Crippen LogP contribution in [0.3, 0.4) is 0 Å². The predicted octanol–water partition coefficient (Wildman–Crippen LogP) is 2.37. The van der Waals surface area contributed by atoms with E-state index in [-0.39, 0.29) is 23.6 Å². The molecule has 0 radical (unpaired) electrons. The molecule has 76 valence electrons. The van der Waals surface area contributed by atoms with Crippen molar-refractivity contribution in [1.29, 1.82) is 0 Å². The number of hydrogen-bond acceptors (Lipinski definition) is 3. The van der Waals surface area contributed by atoms with Gasteiger partial charge < -0.3 is 10.0 Å². The molecule has 1 rings (SSSR count). The van der Waals surface area contributed by atoms with Crippen LogP contribution in [0.4, 0.5) is 0 Å². The molecule has 0 saturated heterocycles. The lowest BCUT2D eigenvalue weighted by Crippen LogP contribution is -2.17. The van der Waals surface area contributed by atoms with Crippen molar-refractivity contribution >= 4 is 28.7 Å². The molecular formula is C9H16BrNOS. The minimum atomic E-state index is 0. The molecule has 0 fully saturated rings. The SMILES string of the molecule is Br.C=CCN1CSC(CCO)=C1C. The van der Waals surface area contributed by atoms with Gasteiger partial charge >= 0.3 is 0 Å². The molecular weight excluding hydrogens is 250 g/mol. The lowest BCUT2D eigenvalue weighted by molar-refractivity contribution is 0.300. The van der Waals surface area contributed by atoms with Crippen LogP contribution in [0.1, 0.15) is 13.3 Å². The third-order valence-electron chi connectivity index (χ3n) is 1.96. The molecule has 0 unspecified atom stereocenters. The molecule has 4 heteroatoms. The molecule has 0 aromatic heterocycles. The second kappa shape index (κ2) is 6.51. The number of allylic oxidation sites excluding steroid dienone is 1. The van der Waals surface area contributed by atoms with E-state index in [2.05, 4.69) is 18.4 Å². The topological polar surface area (TPSA) is 23.5 Å². The summed E-state index contributed by atoms with van der Waals surface area (Å²) in [7, 11) is 0. The van der Waals surface area contributed by atoms with Crippen LogP contribution in [0.5, 0.6) is 0 Å². The van der Waals surface area contributed by atoms with Gasteiger partial charge in [0.1, 0.15) is 0 Å². The molecule has 0 spiro atoms. The summed E-state index contributed by atoms with van der Waals surface area (Å²) in [4.78, 5) is 3.59. The molecule has 1 heterocycles. The van der Waals surface area contributed by atoms with E-state index in [0.29, 0.717) is 0 Å². The van der Waals surface area contributed by atoms with Crippen LogP contribution < -0.4 is 0 Å². The zero-order valence-corrected chi connectivity index (χ0v) is 10.4. The van der Waals surface area contributed by atoms with Gasteiger partial charge in [-0.15, -0.1) is 35.3 Å². The monoisotopic (exact) mass is 265 g/mol. The van der Waals surface area contributed by atoms with Crippen molar-refractivity contribution in [3.8, 4) is 0 Å². The summed E-state index contributed by atoms with van der Waals surface area (Å²) in [6, 6.07) is 0. The molecule has 13 heavy (non-hydrogen) atoms. The van der Waals surface area contributed by atoms with Crippen LogP contribution in [0, 0.1) is 0 Å². The molecule has 0 saturated carbocycles. The molecule has 1 aliphatic heterocycles. The van der Waals surface area contributed by atoms with Gasteiger partial charge in [0.05, 0.1) is 5.88 Å². The summed E-state index contributed by atoms with van der Waals surface area (Å²) in [5.74, 6) is 1.01. The Labute approximate surface area is 94.5 Å². The van der Waals surface area contributed by atoms with Crippen LogP contribution in [0.2, 0.25) is 0 Å². The van der Waals surface area contributed by atoms with E-state index in [1.54, 1.807) is 0 Å². The highest BCUT2D eigenvalue weighted by molar-refractivity contribution is 8.93. The van der Waals surface area contributed by atoms with E-state index in [1.165, 1.54) is 10.6 Å². The molecule has 0 aromatic rings. The first-order valence-electron chi connectivity index (χ1n) is 4.09. The maximum Gasteiger partial charge on any atom is 0.0683 e. The molecule has 1 aliphatic rings. The van der Waals surface area contributed by atoms with Gasteiger partial charge in [0, 0.05) is 30.2 Å². The summed E-state index contributed by atoms with van der Waals surface area (Å²) in [6.07, 6.45) is 2.70. The van der Waals surface area contributed by atoms with E-state index in [9.17, 15) is 0 Å². The Hall–Kier alpha value is 0.0700. The van der Waals surface area contributed by atoms with Gasteiger partial charge in [-0.1, -0.05) is 6.08 Å². The smallest absolute Gasteiger partial charge is 0.0683 e. The number of nitrogens with zero attached hydrogens (tertiary/aromatic N) is 1. The highest BCUT2D eigenvalue weighted by Gasteiger charge is 2.17. The molecule has 0 aliphatic carbocycles. The van der Waals surface area contributed by atoms with Crippen LogP contribution in [-0.4, -0.2) is 29.0 Å². The number of thioether (sulfide) groups is 1. The Morgan fingerprint density at radius 1 is 1.69 bits per heavy atom. The lowest BCUT2D eigenvalue weighted by atomic mass is 10.3. The summed E-state index contributed by atoms with van der Waals surface area (Å²) in [5, 5.41) is 8.77. The number of aliphatic hydroxyl groups is 1. The van der Waals surface area contributed by atoms with Crippen molar-refractivity contribution in [1.82, 2.24) is 4.90 Å². The number of hydrogen-bond donors (Lipinski definition) is 1. The number of halogens is 1. The van der Waals surface area contributed by atoms with Crippen LogP contribution in [-0.2, 0) is 0 Å². The van der Waals surface area contributed by atoms with E-state index in [0.717, 1.165) is 18.8 Å². The third-order valence-corrected chi connectivity index (χ3v) is 3.25. The molecule has 0 aromatic carbocycles. The van der Waals surface area contributed by atoms with Gasteiger partial charge in [-0.25, -0.2) is 0 Å². The number of rotatable bonds is 4. The first kappa shape index (κ1) is 13.1. The maximum absolute atomic E-state index is 8.77. The Morgan fingerprint density at radius 3 is 2.92 bits per heavy atom. The summed E-state index contributed by atoms with van der Waals surface area (Å²) >= 11 is 1.82. The maximum atomic E-state index is 8.77. The fourth-order valence-corrected chi connectivity index (χ4v) is 2.42. The van der Waals surface area contributed by atoms with Crippen LogP contribution >= 0.6 is 28.7 Å². The van der Waals surface area contributed by atoms with Crippen molar-refractivity contribution < 1.29 is 5.11 Å². The standard InChI is InChI=1S/C9H15NOS.BrH/c1-3-5-10-7-12-9(4-6-11)8(10)2;/h3,11H,1,4-7H2,2H3;1H. The summed E-state index contributed by atoms with van der Waals surface area (Å²) < 4.78 is 0. The van der Waals surface area contributed by atoms with E-state index in [1.807, 2.05) is 17.8 Å². The average Bonchev–Trinajstić information content (AvgIpc) is 2.38. The van der Waals surface area contributed by atoms with Crippen molar-refractivity contribution in [3.63, 3.8) is 0 Å². The fraction of sp³-hybridized carbons (Fsp3) is 0.556. The van der Waals surface area contributed by atoms with Crippen molar-refractivity contribution in [2.45, 2.75) is 13.3 Å². The van der Waals surface area contributed by atoms with Gasteiger partial charge in [-0.05, 0) is 6.92 Å². The second-order valence-corrected chi connectivity index (χ2v) is 3.81. The third kappa shape index (κ3) is 3.37. The quantitative estimate of drug-likeness (QED) is 0.790. The molecule has 0 atom stereocenters. The summed E-state index contributed by atoms with van der Waals surface area (Å²) in [6.45, 7) is 6.97. The largest absolute Gasteiger partial charge is 0.396 e. The second-order valence-electron chi connectivity index (χ2n) is 2.77. The summed E-state index contributed by atoms with van der Waals surface area (Å²) in [5.41, 5.74) is 1.30. The molecule has 2 nitrogen and oxygen atoms in total. The molecule has 0 bridgehead atoms. The first-order valence-corrected chi connectivity index (χ1v) is 5.07. The van der Waals surface area contributed by atoms with Gasteiger partial charge in [-0.3, -0.25) is 0 Å². The minimum absolute atomic E-state index is 0. The van der Waals surface area contributed by atoms with Gasteiger partial charge in [0.15, 0.2) is 0 Å². The predicted molar refractivity (Wildman–Crippen MR) is 64.1 cm³/mol. The van der Waals surface area contributed by atoms with Gasteiger partial charge in [0.25, 0.3) is 0 Å². The Kier molecular flexibility index (Phi) is 6.55. The van der Waals surface area contributed by atoms with Crippen LogP contribution in [0.15, 0.2) is 23.3 Å². The van der Waals surface area contributed by atoms with Gasteiger partial charge in [0.2, 0.25) is 0 Å². The highest BCUT2D eigenvalue weighted by Crippen LogP contribution is 2.33. The Bertz CT molecular complexity index is 206. The van der Waals surface area contributed by atoms with Crippen LogP contribution in [0.25, 0.3) is 0 Å². The van der Waals surface area contributed by atoms with E-state index < -0.39 is 0 Å². The van der Waals surface area contributed by atoms with Crippen molar-refractivity contribution in [2.75, 3.05) is 19.0 Å². The van der Waals surface area contributed by atoms with E-state index in [4.69, 9.17) is 5.11 Å². The first-order chi connectivity index (χ1) is 5.79. The normalized spacial score (nSPS) is 16.0. The van der Waals surface area contributed by atoms with Crippen molar-refractivity contribution in [2.24, 2.45) is 0 Å². The minimum Gasteiger partial charge on any atom is -0.396 e. The average molecular weight is 266 g/mol. The zero-order chi connectivity index (χ0) is 8.97. The Morgan fingerprint density at radius 2 is 2.38 bits per heavy atom. The fourth-order valence-electron chi connectivity index (χ4n) is 1.23. The zero-order valence-electron chi connectivity index (χ0n) is 7.82. The number of aliphatic hydroxyl groups excluding tert-OH is 1. The Balaban J connectivity index is 0.00000144. The van der Waals surface area contributed by atoms with E-state index >= 15 is 0 Å². The lowest BCUT2D eigenvalue weighted by Gasteiger charge is -2.16. The van der Waals surface area contributed by atoms with Gasteiger partial charge in [-0.2, -0.15) is 0 Å².